The van der Waals surface area contributed by atoms with Gasteiger partial charge >= 0.3 is 0 Å². The summed E-state index contributed by atoms with van der Waals surface area (Å²) in [6.07, 6.45) is 2.77. The lowest BCUT2D eigenvalue weighted by Gasteiger charge is -2.63. The molecule has 0 radical (unpaired) electrons. The molecule has 2 aliphatic rings. The molecule has 1 saturated heterocycles. The molecule has 5 nitrogen and oxygen atoms in total. The normalized spacial score (nSPS) is 32.8. The van der Waals surface area contributed by atoms with E-state index in [1.807, 2.05) is 24.3 Å². The van der Waals surface area contributed by atoms with Gasteiger partial charge < -0.3 is 23.4 Å². The third-order valence-electron chi connectivity index (χ3n) is 7.90. The maximum Gasteiger partial charge on any atom is 0.192 e. The van der Waals surface area contributed by atoms with Crippen LogP contribution in [-0.2, 0) is 30.0 Å². The van der Waals surface area contributed by atoms with Crippen molar-refractivity contribution in [3.8, 4) is 0 Å². The van der Waals surface area contributed by atoms with E-state index in [-0.39, 0.29) is 35.4 Å². The van der Waals surface area contributed by atoms with Crippen LogP contribution in [0.15, 0.2) is 43.0 Å². The van der Waals surface area contributed by atoms with Gasteiger partial charge in [0.25, 0.3) is 0 Å². The average Bonchev–Trinajstić information content (AvgIpc) is 2.72. The third kappa shape index (κ3) is 4.77. The number of fused-ring (bicyclic) bond motifs is 1. The molecule has 0 unspecified atom stereocenters. The molecule has 0 spiro atoms. The first-order valence-corrected chi connectivity index (χ1v) is 14.6. The highest BCUT2D eigenvalue weighted by Crippen LogP contribution is 2.56. The zero-order valence-electron chi connectivity index (χ0n) is 21.0. The molecule has 180 valence electrons. The maximum atomic E-state index is 7.04. The summed E-state index contributed by atoms with van der Waals surface area (Å²) in [7, 11) is -0.360. The molecule has 1 aromatic rings. The van der Waals surface area contributed by atoms with Crippen LogP contribution in [0.2, 0.25) is 18.1 Å². The number of hydrogen-bond acceptors (Lipinski definition) is 5. The molecular weight excluding hydrogens is 420 g/mol. The Morgan fingerprint density at radius 2 is 1.91 bits per heavy atom. The second-order valence-electron chi connectivity index (χ2n) is 11.1. The maximum absolute atomic E-state index is 7.04. The van der Waals surface area contributed by atoms with Crippen LogP contribution in [0.1, 0.15) is 39.7 Å². The van der Waals surface area contributed by atoms with Crippen LogP contribution < -0.4 is 0 Å². The highest BCUT2D eigenvalue weighted by atomic mass is 28.4. The van der Waals surface area contributed by atoms with Gasteiger partial charge in [0.1, 0.15) is 12.4 Å². The quantitative estimate of drug-likeness (QED) is 0.259. The van der Waals surface area contributed by atoms with Crippen molar-refractivity contribution in [3.05, 3.63) is 48.6 Å². The van der Waals surface area contributed by atoms with E-state index in [1.165, 1.54) is 5.56 Å². The van der Waals surface area contributed by atoms with E-state index in [1.54, 1.807) is 7.11 Å². The Morgan fingerprint density at radius 1 is 1.22 bits per heavy atom. The SMILES string of the molecule is C=C[C@H]1[C@](C)(COCc2ccccc2)[C@@H](O[Si](C)(C)C(C)(C)C)C[C@H]2OC[C@]21OCOC. The molecule has 0 aromatic heterocycles. The van der Waals surface area contributed by atoms with E-state index >= 15 is 0 Å². The molecular formula is C26H42O5Si. The Labute approximate surface area is 195 Å². The van der Waals surface area contributed by atoms with Crippen molar-refractivity contribution in [2.45, 2.75) is 76.7 Å². The van der Waals surface area contributed by atoms with E-state index in [0.29, 0.717) is 19.8 Å². The van der Waals surface area contributed by atoms with Gasteiger partial charge in [0, 0.05) is 24.9 Å². The Bertz CT molecular complexity index is 761. The van der Waals surface area contributed by atoms with Crippen LogP contribution in [0, 0.1) is 11.3 Å². The zero-order valence-corrected chi connectivity index (χ0v) is 22.0. The summed E-state index contributed by atoms with van der Waals surface area (Å²) in [6.45, 7) is 19.9. The highest BCUT2D eigenvalue weighted by molar-refractivity contribution is 6.74. The van der Waals surface area contributed by atoms with Gasteiger partial charge in [-0.05, 0) is 23.7 Å². The average molecular weight is 463 g/mol. The molecule has 1 aromatic carbocycles. The summed E-state index contributed by atoms with van der Waals surface area (Å²) < 4.78 is 31.0. The topological polar surface area (TPSA) is 46.2 Å². The zero-order chi connectivity index (χ0) is 23.6. The largest absolute Gasteiger partial charge is 0.413 e. The van der Waals surface area contributed by atoms with Crippen molar-refractivity contribution in [2.24, 2.45) is 11.3 Å². The summed E-state index contributed by atoms with van der Waals surface area (Å²) in [5.41, 5.74) is 0.412. The number of methoxy groups -OCH3 is 1. The molecule has 2 fully saturated rings. The van der Waals surface area contributed by atoms with E-state index < -0.39 is 13.9 Å². The van der Waals surface area contributed by atoms with Crippen LogP contribution in [0.25, 0.3) is 0 Å². The van der Waals surface area contributed by atoms with Gasteiger partial charge in [0.15, 0.2) is 8.32 Å². The summed E-state index contributed by atoms with van der Waals surface area (Å²) in [5, 5.41) is 0.115. The highest BCUT2D eigenvalue weighted by Gasteiger charge is 2.66. The minimum Gasteiger partial charge on any atom is -0.413 e. The minimum absolute atomic E-state index is 0.00765. The van der Waals surface area contributed by atoms with Crippen molar-refractivity contribution in [1.29, 1.82) is 0 Å². The fourth-order valence-electron chi connectivity index (χ4n) is 4.87. The lowest BCUT2D eigenvalue weighted by Crippen LogP contribution is -2.74. The van der Waals surface area contributed by atoms with Gasteiger partial charge in [-0.25, -0.2) is 0 Å². The molecule has 32 heavy (non-hydrogen) atoms. The van der Waals surface area contributed by atoms with Crippen LogP contribution >= 0.6 is 0 Å². The lowest BCUT2D eigenvalue weighted by atomic mass is 9.56. The predicted octanol–water partition coefficient (Wildman–Crippen LogP) is 5.56. The first-order chi connectivity index (χ1) is 15.0. The monoisotopic (exact) mass is 462 g/mol. The molecule has 6 heteroatoms. The number of hydrogen-bond donors (Lipinski definition) is 0. The number of rotatable bonds is 10. The summed E-state index contributed by atoms with van der Waals surface area (Å²) in [6, 6.07) is 10.3. The van der Waals surface area contributed by atoms with Crippen molar-refractivity contribution in [1.82, 2.24) is 0 Å². The van der Waals surface area contributed by atoms with Crippen LogP contribution in [0.5, 0.6) is 0 Å². The van der Waals surface area contributed by atoms with E-state index in [4.69, 9.17) is 23.4 Å². The number of ether oxygens (including phenoxy) is 4. The van der Waals surface area contributed by atoms with Crippen molar-refractivity contribution < 1.29 is 23.4 Å². The van der Waals surface area contributed by atoms with Gasteiger partial charge in [0.2, 0.25) is 0 Å². The molecule has 1 aliphatic carbocycles. The summed E-state index contributed by atoms with van der Waals surface area (Å²) in [4.78, 5) is 0. The molecule has 1 heterocycles. The van der Waals surface area contributed by atoms with Gasteiger partial charge in [-0.2, -0.15) is 0 Å². The molecule has 5 atom stereocenters. The van der Waals surface area contributed by atoms with Gasteiger partial charge in [-0.15, -0.1) is 6.58 Å². The Morgan fingerprint density at radius 3 is 2.44 bits per heavy atom. The molecule has 1 aliphatic heterocycles. The van der Waals surface area contributed by atoms with E-state index in [0.717, 1.165) is 6.42 Å². The summed E-state index contributed by atoms with van der Waals surface area (Å²) in [5.74, 6) is 0.0168. The van der Waals surface area contributed by atoms with Gasteiger partial charge in [0.05, 0.1) is 32.0 Å². The molecule has 1 saturated carbocycles. The lowest BCUT2D eigenvalue weighted by molar-refractivity contribution is -0.343. The first kappa shape index (κ1) is 25.6. The second kappa shape index (κ2) is 9.69. The third-order valence-corrected chi connectivity index (χ3v) is 12.4. The number of benzene rings is 1. The van der Waals surface area contributed by atoms with Crippen LogP contribution in [0.3, 0.4) is 0 Å². The molecule has 3 rings (SSSR count). The fourth-order valence-corrected chi connectivity index (χ4v) is 6.30. The van der Waals surface area contributed by atoms with Crippen molar-refractivity contribution >= 4 is 8.32 Å². The van der Waals surface area contributed by atoms with Crippen LogP contribution in [-0.4, -0.2) is 53.2 Å². The smallest absolute Gasteiger partial charge is 0.192 e. The second-order valence-corrected chi connectivity index (χ2v) is 15.9. The van der Waals surface area contributed by atoms with Crippen LogP contribution in [0.4, 0.5) is 0 Å². The van der Waals surface area contributed by atoms with Gasteiger partial charge in [-0.1, -0.05) is 64.1 Å². The first-order valence-electron chi connectivity index (χ1n) is 11.7. The summed E-state index contributed by atoms with van der Waals surface area (Å²) >= 11 is 0. The Hall–Kier alpha value is -1.02. The minimum atomic E-state index is -2.01. The Kier molecular flexibility index (Phi) is 7.75. The van der Waals surface area contributed by atoms with Crippen molar-refractivity contribution in [2.75, 3.05) is 27.1 Å². The molecule has 0 N–H and O–H groups in total. The fraction of sp³-hybridized carbons (Fsp3) is 0.692. The predicted molar refractivity (Wildman–Crippen MR) is 130 cm³/mol. The van der Waals surface area contributed by atoms with E-state index in [9.17, 15) is 0 Å². The molecule has 0 amide bonds. The van der Waals surface area contributed by atoms with Crippen molar-refractivity contribution in [3.63, 3.8) is 0 Å². The van der Waals surface area contributed by atoms with Gasteiger partial charge in [-0.3, -0.25) is 0 Å². The standard InChI is InChI=1S/C26H42O5Si/c1-9-21-25(5,17-28-16-20-13-11-10-12-14-20)22(31-32(7,8)24(2,3)4)15-23-26(21,18-29-23)30-19-27-6/h9-14,21-23H,1,15-19H2,2-8H3/t21-,22-,23+,25-,26+/m0/s1. The Balaban J connectivity index is 1.89. The van der Waals surface area contributed by atoms with E-state index in [2.05, 4.69) is 59.5 Å². The molecule has 0 bridgehead atoms.